The van der Waals surface area contributed by atoms with Crippen LogP contribution in [0.1, 0.15) is 18.9 Å². The van der Waals surface area contributed by atoms with E-state index in [1.807, 2.05) is 6.21 Å². The summed E-state index contributed by atoms with van der Waals surface area (Å²) in [4.78, 5) is 4.25. The van der Waals surface area contributed by atoms with Gasteiger partial charge in [-0.25, -0.2) is 0 Å². The average Bonchev–Trinajstić information content (AvgIpc) is 2.20. The molecule has 0 saturated heterocycles. The van der Waals surface area contributed by atoms with Crippen LogP contribution in [0.4, 0.5) is 0 Å². The largest absolute Gasteiger partial charge is 0.293 e. The second kappa shape index (κ2) is 3.56. The first-order chi connectivity index (χ1) is 6.38. The van der Waals surface area contributed by atoms with E-state index in [0.29, 0.717) is 0 Å². The fraction of sp³-hybridized carbons (Fsp3) is 0.250. The van der Waals surface area contributed by atoms with Gasteiger partial charge in [0, 0.05) is 12.8 Å². The number of aliphatic imine (C=N–C) groups is 1. The molecular weight excluding hydrogens is 158 g/mol. The highest BCUT2D eigenvalue weighted by Crippen LogP contribution is 2.23. The van der Waals surface area contributed by atoms with Gasteiger partial charge >= 0.3 is 0 Å². The molecule has 1 aliphatic rings. The highest BCUT2D eigenvalue weighted by molar-refractivity contribution is 5.91. The lowest BCUT2D eigenvalue weighted by Crippen LogP contribution is -1.99. The second-order valence-corrected chi connectivity index (χ2v) is 3.31. The predicted molar refractivity (Wildman–Crippen MR) is 57.0 cm³/mol. The molecule has 66 valence electrons. The third-order valence-corrected chi connectivity index (χ3v) is 2.37. The molecule has 0 unspecified atom stereocenters. The number of dihydropyridines is 1. The smallest absolute Gasteiger partial charge is 0.0430 e. The van der Waals surface area contributed by atoms with Crippen LogP contribution in [-0.2, 0) is 0 Å². The Kier molecular flexibility index (Phi) is 2.26. The van der Waals surface area contributed by atoms with E-state index in [2.05, 4.69) is 42.2 Å². The zero-order valence-corrected chi connectivity index (χ0v) is 7.83. The molecule has 0 bridgehead atoms. The van der Waals surface area contributed by atoms with Crippen LogP contribution in [-0.4, -0.2) is 12.8 Å². The Morgan fingerprint density at radius 2 is 1.92 bits per heavy atom. The molecule has 0 amide bonds. The molecule has 0 aliphatic carbocycles. The van der Waals surface area contributed by atoms with Crippen molar-refractivity contribution in [2.75, 3.05) is 6.54 Å². The van der Waals surface area contributed by atoms with Gasteiger partial charge in [-0.2, -0.15) is 0 Å². The summed E-state index contributed by atoms with van der Waals surface area (Å²) in [6.45, 7) is 3.06. The van der Waals surface area contributed by atoms with E-state index in [-0.39, 0.29) is 0 Å². The number of hydrogen-bond acceptors (Lipinski definition) is 1. The van der Waals surface area contributed by atoms with E-state index in [1.165, 1.54) is 16.7 Å². The Labute approximate surface area is 78.8 Å². The number of rotatable bonds is 1. The summed E-state index contributed by atoms with van der Waals surface area (Å²) in [5, 5.41) is 0. The van der Waals surface area contributed by atoms with Gasteiger partial charge < -0.3 is 0 Å². The number of benzene rings is 1. The van der Waals surface area contributed by atoms with Crippen LogP contribution >= 0.6 is 0 Å². The molecule has 1 nitrogen and oxygen atoms in total. The molecule has 2 rings (SSSR count). The Balaban J connectivity index is 2.41. The van der Waals surface area contributed by atoms with E-state index < -0.39 is 0 Å². The van der Waals surface area contributed by atoms with Crippen molar-refractivity contribution < 1.29 is 0 Å². The summed E-state index contributed by atoms with van der Waals surface area (Å²) < 4.78 is 0. The van der Waals surface area contributed by atoms with Crippen LogP contribution in [0.5, 0.6) is 0 Å². The van der Waals surface area contributed by atoms with Gasteiger partial charge in [0.15, 0.2) is 0 Å². The molecule has 1 aromatic rings. The minimum atomic E-state index is 0.932. The number of allylic oxidation sites excluding steroid dienone is 1. The van der Waals surface area contributed by atoms with Crippen LogP contribution in [0.15, 0.2) is 40.9 Å². The Hall–Kier alpha value is -1.37. The van der Waals surface area contributed by atoms with Crippen molar-refractivity contribution in [2.24, 2.45) is 4.99 Å². The van der Waals surface area contributed by atoms with Gasteiger partial charge in [-0.3, -0.25) is 4.99 Å². The number of hydrogen-bond donors (Lipinski definition) is 0. The first-order valence-electron chi connectivity index (χ1n) is 4.63. The molecule has 1 aliphatic heterocycles. The second-order valence-electron chi connectivity index (χ2n) is 3.31. The fourth-order valence-corrected chi connectivity index (χ4v) is 1.66. The summed E-state index contributed by atoms with van der Waals surface area (Å²) in [6, 6.07) is 10.6. The summed E-state index contributed by atoms with van der Waals surface area (Å²) in [6.07, 6.45) is 3.05. The van der Waals surface area contributed by atoms with Gasteiger partial charge in [0.2, 0.25) is 0 Å². The molecule has 13 heavy (non-hydrogen) atoms. The highest BCUT2D eigenvalue weighted by atomic mass is 14.7. The highest BCUT2D eigenvalue weighted by Gasteiger charge is 2.06. The van der Waals surface area contributed by atoms with Crippen molar-refractivity contribution >= 4 is 11.8 Å². The van der Waals surface area contributed by atoms with E-state index in [4.69, 9.17) is 0 Å². The van der Waals surface area contributed by atoms with Crippen molar-refractivity contribution in [3.8, 4) is 0 Å². The molecule has 0 fully saturated rings. The van der Waals surface area contributed by atoms with Gasteiger partial charge in [-0.15, -0.1) is 0 Å². The molecule has 0 saturated carbocycles. The van der Waals surface area contributed by atoms with Crippen LogP contribution < -0.4 is 0 Å². The van der Waals surface area contributed by atoms with E-state index in [1.54, 1.807) is 0 Å². The van der Waals surface area contributed by atoms with E-state index >= 15 is 0 Å². The lowest BCUT2D eigenvalue weighted by molar-refractivity contribution is 1.00. The summed E-state index contributed by atoms with van der Waals surface area (Å²) >= 11 is 0. The topological polar surface area (TPSA) is 12.4 Å². The first kappa shape index (κ1) is 8.24. The molecular formula is C12H13N. The third-order valence-electron chi connectivity index (χ3n) is 2.37. The van der Waals surface area contributed by atoms with Gasteiger partial charge in [-0.1, -0.05) is 30.3 Å². The van der Waals surface area contributed by atoms with Gasteiger partial charge in [0.05, 0.1) is 0 Å². The molecule has 1 heterocycles. The quantitative estimate of drug-likeness (QED) is 0.616. The molecule has 0 spiro atoms. The lowest BCUT2D eigenvalue weighted by Gasteiger charge is -2.12. The van der Waals surface area contributed by atoms with E-state index in [9.17, 15) is 0 Å². The maximum atomic E-state index is 4.25. The van der Waals surface area contributed by atoms with Gasteiger partial charge in [-0.05, 0) is 30.1 Å². The minimum Gasteiger partial charge on any atom is -0.293 e. The molecule has 0 N–H and O–H groups in total. The molecule has 1 heteroatoms. The third kappa shape index (κ3) is 1.69. The van der Waals surface area contributed by atoms with Crippen molar-refractivity contribution in [2.45, 2.75) is 13.3 Å². The van der Waals surface area contributed by atoms with E-state index in [0.717, 1.165) is 13.0 Å². The Morgan fingerprint density at radius 1 is 1.15 bits per heavy atom. The van der Waals surface area contributed by atoms with Crippen molar-refractivity contribution in [1.29, 1.82) is 0 Å². The van der Waals surface area contributed by atoms with Gasteiger partial charge in [0.1, 0.15) is 0 Å². The maximum Gasteiger partial charge on any atom is 0.0430 e. The molecule has 0 aromatic heterocycles. The first-order valence-corrected chi connectivity index (χ1v) is 4.63. The van der Waals surface area contributed by atoms with Crippen molar-refractivity contribution in [1.82, 2.24) is 0 Å². The van der Waals surface area contributed by atoms with Crippen molar-refractivity contribution in [3.05, 3.63) is 41.5 Å². The standard InChI is InChI=1S/C12H13N/c1-10-9-13-8-7-12(10)11-5-3-2-4-6-11/h2-6,9H,7-8H2,1H3. The van der Waals surface area contributed by atoms with Crippen LogP contribution in [0.2, 0.25) is 0 Å². The van der Waals surface area contributed by atoms with Gasteiger partial charge in [0.25, 0.3) is 0 Å². The number of nitrogens with zero attached hydrogens (tertiary/aromatic N) is 1. The van der Waals surface area contributed by atoms with Crippen LogP contribution in [0.25, 0.3) is 5.57 Å². The summed E-state index contributed by atoms with van der Waals surface area (Å²) in [7, 11) is 0. The zero-order chi connectivity index (χ0) is 9.10. The zero-order valence-electron chi connectivity index (χ0n) is 7.83. The van der Waals surface area contributed by atoms with Crippen LogP contribution in [0.3, 0.4) is 0 Å². The minimum absolute atomic E-state index is 0.932. The maximum absolute atomic E-state index is 4.25. The van der Waals surface area contributed by atoms with Crippen LogP contribution in [0, 0.1) is 0 Å². The summed E-state index contributed by atoms with van der Waals surface area (Å²) in [5.41, 5.74) is 4.08. The Morgan fingerprint density at radius 3 is 2.62 bits per heavy atom. The Bertz CT molecular complexity index is 347. The lowest BCUT2D eigenvalue weighted by atomic mass is 9.97. The average molecular weight is 171 g/mol. The summed E-state index contributed by atoms with van der Waals surface area (Å²) in [5.74, 6) is 0. The van der Waals surface area contributed by atoms with Crippen molar-refractivity contribution in [3.63, 3.8) is 0 Å². The molecule has 0 radical (unpaired) electrons. The molecule has 0 atom stereocenters. The monoisotopic (exact) mass is 171 g/mol. The SMILES string of the molecule is CC1=C(c2ccccc2)CCN=C1. The molecule has 1 aromatic carbocycles. The predicted octanol–water partition coefficient (Wildman–Crippen LogP) is 2.93. The normalized spacial score (nSPS) is 16.4. The fourth-order valence-electron chi connectivity index (χ4n) is 1.66.